The lowest BCUT2D eigenvalue weighted by atomic mass is 10.1. The number of pyridine rings is 1. The van der Waals surface area contributed by atoms with E-state index in [0.29, 0.717) is 24.0 Å². The molecule has 1 aromatic carbocycles. The van der Waals surface area contributed by atoms with E-state index >= 15 is 0 Å². The van der Waals surface area contributed by atoms with Gasteiger partial charge in [-0.15, -0.1) is 0 Å². The molecule has 1 N–H and O–H groups in total. The maximum Gasteiger partial charge on any atom is 0.268 e. The number of aromatic nitrogens is 4. The second kappa shape index (κ2) is 8.52. The van der Waals surface area contributed by atoms with E-state index in [1.807, 2.05) is 67.1 Å². The van der Waals surface area contributed by atoms with Crippen molar-refractivity contribution >= 4 is 5.91 Å². The number of amides is 1. The zero-order valence-corrected chi connectivity index (χ0v) is 17.1. The molecule has 0 unspecified atom stereocenters. The minimum atomic E-state index is -0.0856. The topological polar surface area (TPSA) is 72.7 Å². The van der Waals surface area contributed by atoms with Crippen LogP contribution in [0.15, 0.2) is 79.5 Å². The third-order valence-corrected chi connectivity index (χ3v) is 5.47. The molecular formula is C25H23N5O. The molecule has 6 heteroatoms. The third-order valence-electron chi connectivity index (χ3n) is 5.47. The van der Waals surface area contributed by atoms with Crippen molar-refractivity contribution in [1.82, 2.24) is 24.8 Å². The Morgan fingerprint density at radius 1 is 0.968 bits per heavy atom. The summed E-state index contributed by atoms with van der Waals surface area (Å²) in [5.74, 6) is 1.26. The highest BCUT2D eigenvalue weighted by atomic mass is 16.1. The molecule has 3 aromatic heterocycles. The van der Waals surface area contributed by atoms with Gasteiger partial charge < -0.3 is 9.88 Å². The number of hydrogen-bond acceptors (Lipinski definition) is 4. The fourth-order valence-electron chi connectivity index (χ4n) is 3.58. The number of rotatable bonds is 7. The summed E-state index contributed by atoms with van der Waals surface area (Å²) in [6, 6.07) is 15.7. The highest BCUT2D eigenvalue weighted by Crippen LogP contribution is 2.32. The van der Waals surface area contributed by atoms with E-state index < -0.39 is 0 Å². The standard InChI is InChI=1S/C25H23N5O/c31-25(29-13-19-5-4-10-26-12-19)23-11-21(17-30(23)16-18-8-9-18)22-14-27-24(28-15-22)20-6-2-1-3-7-20/h1-7,10-12,14-15,17-18H,8-9,13,16H2,(H,29,31). The monoisotopic (exact) mass is 409 g/mol. The first-order valence-electron chi connectivity index (χ1n) is 10.5. The number of nitrogens with zero attached hydrogens (tertiary/aromatic N) is 4. The molecule has 0 spiro atoms. The minimum Gasteiger partial charge on any atom is -0.347 e. The van der Waals surface area contributed by atoms with Crippen LogP contribution in [0.2, 0.25) is 0 Å². The maximum absolute atomic E-state index is 12.9. The van der Waals surface area contributed by atoms with Crippen LogP contribution in [0.25, 0.3) is 22.5 Å². The van der Waals surface area contributed by atoms with E-state index in [9.17, 15) is 4.79 Å². The van der Waals surface area contributed by atoms with Gasteiger partial charge in [-0.25, -0.2) is 9.97 Å². The number of carbonyl (C=O) groups excluding carboxylic acids is 1. The van der Waals surface area contributed by atoms with Gasteiger partial charge in [-0.3, -0.25) is 9.78 Å². The molecule has 6 nitrogen and oxygen atoms in total. The lowest BCUT2D eigenvalue weighted by Crippen LogP contribution is -2.25. The largest absolute Gasteiger partial charge is 0.347 e. The average molecular weight is 409 g/mol. The lowest BCUT2D eigenvalue weighted by Gasteiger charge is -2.09. The van der Waals surface area contributed by atoms with Gasteiger partial charge in [0.1, 0.15) is 5.69 Å². The van der Waals surface area contributed by atoms with Gasteiger partial charge in [0.15, 0.2) is 5.82 Å². The van der Waals surface area contributed by atoms with Gasteiger partial charge in [-0.05, 0) is 36.5 Å². The van der Waals surface area contributed by atoms with Crippen molar-refractivity contribution < 1.29 is 4.79 Å². The molecule has 31 heavy (non-hydrogen) atoms. The summed E-state index contributed by atoms with van der Waals surface area (Å²) in [4.78, 5) is 26.1. The summed E-state index contributed by atoms with van der Waals surface area (Å²) in [5, 5.41) is 3.01. The van der Waals surface area contributed by atoms with Crippen molar-refractivity contribution in [3.8, 4) is 22.5 Å². The first-order chi connectivity index (χ1) is 15.3. The molecule has 1 aliphatic rings. The van der Waals surface area contributed by atoms with Gasteiger partial charge in [0.2, 0.25) is 0 Å². The molecule has 1 saturated carbocycles. The predicted octanol–water partition coefficient (Wildman–Crippen LogP) is 4.35. The first kappa shape index (κ1) is 19.2. The summed E-state index contributed by atoms with van der Waals surface area (Å²) in [7, 11) is 0. The van der Waals surface area contributed by atoms with E-state index in [1.165, 1.54) is 12.8 Å². The van der Waals surface area contributed by atoms with Crippen molar-refractivity contribution in [2.45, 2.75) is 25.9 Å². The number of carbonyl (C=O) groups is 1. The van der Waals surface area contributed by atoms with E-state index in [4.69, 9.17) is 0 Å². The maximum atomic E-state index is 12.9. The highest BCUT2D eigenvalue weighted by molar-refractivity contribution is 5.94. The van der Waals surface area contributed by atoms with Crippen LogP contribution in [0.5, 0.6) is 0 Å². The van der Waals surface area contributed by atoms with Crippen molar-refractivity contribution in [2.24, 2.45) is 5.92 Å². The molecule has 154 valence electrons. The molecule has 1 fully saturated rings. The molecule has 5 rings (SSSR count). The smallest absolute Gasteiger partial charge is 0.268 e. The fraction of sp³-hybridized carbons (Fsp3) is 0.200. The van der Waals surface area contributed by atoms with Crippen LogP contribution < -0.4 is 5.32 Å². The van der Waals surface area contributed by atoms with Crippen LogP contribution >= 0.6 is 0 Å². The Labute approximate surface area is 181 Å². The number of hydrogen-bond donors (Lipinski definition) is 1. The van der Waals surface area contributed by atoms with Crippen molar-refractivity contribution in [1.29, 1.82) is 0 Å². The molecule has 1 aliphatic carbocycles. The molecule has 4 aromatic rings. The van der Waals surface area contributed by atoms with Crippen LogP contribution in [-0.4, -0.2) is 25.4 Å². The quantitative estimate of drug-likeness (QED) is 0.493. The van der Waals surface area contributed by atoms with Gasteiger partial charge in [-0.2, -0.15) is 0 Å². The normalized spacial score (nSPS) is 13.2. The van der Waals surface area contributed by atoms with Crippen LogP contribution in [0.4, 0.5) is 0 Å². The van der Waals surface area contributed by atoms with Crippen molar-refractivity contribution in [2.75, 3.05) is 0 Å². The molecular weight excluding hydrogens is 386 g/mol. The Morgan fingerprint density at radius 2 is 1.77 bits per heavy atom. The van der Waals surface area contributed by atoms with Gasteiger partial charge in [0.05, 0.1) is 0 Å². The molecule has 0 atom stereocenters. The second-order valence-electron chi connectivity index (χ2n) is 7.92. The Bertz CT molecular complexity index is 1170. The molecule has 0 aliphatic heterocycles. The van der Waals surface area contributed by atoms with Crippen LogP contribution in [0.1, 0.15) is 28.9 Å². The van der Waals surface area contributed by atoms with Crippen molar-refractivity contribution in [3.63, 3.8) is 0 Å². The first-order valence-corrected chi connectivity index (χ1v) is 10.5. The Balaban J connectivity index is 1.38. The third kappa shape index (κ3) is 4.53. The van der Waals surface area contributed by atoms with Crippen LogP contribution in [-0.2, 0) is 13.1 Å². The highest BCUT2D eigenvalue weighted by Gasteiger charge is 2.24. The van der Waals surface area contributed by atoms with Gasteiger partial charge in [0.25, 0.3) is 5.91 Å². The van der Waals surface area contributed by atoms with E-state index in [-0.39, 0.29) is 5.91 Å². The summed E-state index contributed by atoms with van der Waals surface area (Å²) >= 11 is 0. The fourth-order valence-corrected chi connectivity index (χ4v) is 3.58. The van der Waals surface area contributed by atoms with E-state index in [0.717, 1.165) is 28.8 Å². The molecule has 0 radical (unpaired) electrons. The van der Waals surface area contributed by atoms with Crippen LogP contribution in [0, 0.1) is 5.92 Å². The van der Waals surface area contributed by atoms with E-state index in [1.54, 1.807) is 12.4 Å². The predicted molar refractivity (Wildman–Crippen MR) is 119 cm³/mol. The zero-order valence-electron chi connectivity index (χ0n) is 17.1. The van der Waals surface area contributed by atoms with Gasteiger partial charge >= 0.3 is 0 Å². The van der Waals surface area contributed by atoms with Crippen LogP contribution in [0.3, 0.4) is 0 Å². The molecule has 1 amide bonds. The summed E-state index contributed by atoms with van der Waals surface area (Å²) in [6.07, 6.45) is 11.6. The second-order valence-corrected chi connectivity index (χ2v) is 7.92. The van der Waals surface area contributed by atoms with Gasteiger partial charge in [-0.1, -0.05) is 36.4 Å². The Kier molecular flexibility index (Phi) is 5.27. The number of benzene rings is 1. The SMILES string of the molecule is O=C(NCc1cccnc1)c1cc(-c2cnc(-c3ccccc3)nc2)cn1CC1CC1. The Morgan fingerprint density at radius 3 is 2.48 bits per heavy atom. The Hall–Kier alpha value is -3.80. The minimum absolute atomic E-state index is 0.0856. The van der Waals surface area contributed by atoms with Crippen molar-refractivity contribution in [3.05, 3.63) is 90.8 Å². The van der Waals surface area contributed by atoms with E-state index in [2.05, 4.69) is 24.8 Å². The summed E-state index contributed by atoms with van der Waals surface area (Å²) in [5.41, 5.74) is 4.47. The van der Waals surface area contributed by atoms with Gasteiger partial charge in [0, 0.05) is 60.8 Å². The molecule has 0 saturated heterocycles. The number of nitrogens with one attached hydrogen (secondary N) is 1. The summed E-state index contributed by atoms with van der Waals surface area (Å²) in [6.45, 7) is 1.31. The average Bonchev–Trinajstić information content (AvgIpc) is 3.55. The molecule has 3 heterocycles. The lowest BCUT2D eigenvalue weighted by molar-refractivity contribution is 0.0941. The summed E-state index contributed by atoms with van der Waals surface area (Å²) < 4.78 is 2.07. The molecule has 0 bridgehead atoms. The zero-order chi connectivity index (χ0) is 21.0.